The molecule has 1 aliphatic carbocycles. The predicted octanol–water partition coefficient (Wildman–Crippen LogP) is 3.83. The molecular weight excluding hydrogens is 534 g/mol. The van der Waals surface area contributed by atoms with Crippen LogP contribution in [0.1, 0.15) is 18.5 Å². The van der Waals surface area contributed by atoms with E-state index in [0.717, 1.165) is 31.4 Å². The average molecular weight is 563 g/mol. The van der Waals surface area contributed by atoms with Crippen LogP contribution in [0.5, 0.6) is 11.5 Å². The third kappa shape index (κ3) is 5.23. The number of hydrogen-bond acceptors (Lipinski definition) is 7. The quantitative estimate of drug-likeness (QED) is 0.297. The maximum atomic E-state index is 15.6. The van der Waals surface area contributed by atoms with E-state index in [2.05, 4.69) is 20.1 Å². The number of nitrogens with one attached hydrogen (secondary N) is 1. The first-order valence-electron chi connectivity index (χ1n) is 13.4. The van der Waals surface area contributed by atoms with Gasteiger partial charge in [0.05, 0.1) is 30.0 Å². The van der Waals surface area contributed by atoms with Crippen LogP contribution in [0.25, 0.3) is 11.0 Å². The summed E-state index contributed by atoms with van der Waals surface area (Å²) in [4.78, 5) is 33.4. The van der Waals surface area contributed by atoms with Gasteiger partial charge < -0.3 is 15.2 Å². The largest absolute Gasteiger partial charge is 0.453 e. The van der Waals surface area contributed by atoms with Gasteiger partial charge in [-0.05, 0) is 55.3 Å². The van der Waals surface area contributed by atoms with Crippen LogP contribution in [0.2, 0.25) is 0 Å². The fourth-order valence-electron chi connectivity index (χ4n) is 5.05. The van der Waals surface area contributed by atoms with Crippen LogP contribution >= 0.6 is 0 Å². The molecule has 3 N–H and O–H groups in total. The van der Waals surface area contributed by atoms with E-state index in [1.807, 2.05) is 0 Å². The number of fused-ring (bicyclic) bond motifs is 1. The van der Waals surface area contributed by atoms with Gasteiger partial charge in [0.2, 0.25) is 11.8 Å². The minimum atomic E-state index is -1.37. The molecule has 0 bridgehead atoms. The maximum absolute atomic E-state index is 15.6. The van der Waals surface area contributed by atoms with Gasteiger partial charge in [0.1, 0.15) is 17.0 Å². The van der Waals surface area contributed by atoms with E-state index in [4.69, 9.17) is 15.2 Å². The Labute approximate surface area is 234 Å². The van der Waals surface area contributed by atoms with Crippen molar-refractivity contribution in [3.63, 3.8) is 0 Å². The average Bonchev–Trinajstić information content (AvgIpc) is 3.70. The molecule has 0 atom stereocenters. The van der Waals surface area contributed by atoms with Crippen molar-refractivity contribution in [2.24, 2.45) is 11.1 Å². The molecule has 2 aromatic carbocycles. The molecule has 41 heavy (non-hydrogen) atoms. The van der Waals surface area contributed by atoms with Gasteiger partial charge in [0.25, 0.3) is 0 Å². The van der Waals surface area contributed by atoms with E-state index >= 15 is 4.39 Å². The zero-order valence-corrected chi connectivity index (χ0v) is 22.1. The third-order valence-corrected chi connectivity index (χ3v) is 7.58. The molecule has 2 fully saturated rings. The lowest BCUT2D eigenvalue weighted by Gasteiger charge is -2.27. The van der Waals surface area contributed by atoms with E-state index in [-0.39, 0.29) is 17.1 Å². The first kappa shape index (κ1) is 26.8. The molecule has 212 valence electrons. The minimum absolute atomic E-state index is 0.0795. The summed E-state index contributed by atoms with van der Waals surface area (Å²) in [6.45, 7) is 3.86. The Balaban J connectivity index is 1.29. The standard InChI is InChI=1S/C29H28F2N6O4/c30-18-1-3-19(4-2-18)37(28(39)29(9-10-29)27(32)38)20-5-6-23(21(31)17-20)41-24-7-11-33-26-25(24)22(34-35-26)8-12-36-13-15-40-16-14-36/h1-7,11,17H,8-10,12-16H2,(H2,32,38)(H,33,34,35). The van der Waals surface area contributed by atoms with Crippen LogP contribution in [-0.2, 0) is 20.7 Å². The second-order valence-electron chi connectivity index (χ2n) is 10.2. The second-order valence-corrected chi connectivity index (χ2v) is 10.2. The zero-order valence-electron chi connectivity index (χ0n) is 22.1. The molecule has 0 spiro atoms. The summed E-state index contributed by atoms with van der Waals surface area (Å²) in [5.74, 6) is -2.28. The first-order chi connectivity index (χ1) is 19.9. The molecule has 2 aromatic heterocycles. The molecule has 1 saturated heterocycles. The summed E-state index contributed by atoms with van der Waals surface area (Å²) >= 11 is 0. The molecule has 4 aromatic rings. The Hall–Kier alpha value is -4.42. The van der Waals surface area contributed by atoms with Gasteiger partial charge in [0.15, 0.2) is 17.2 Å². The Kier molecular flexibility index (Phi) is 7.10. The Morgan fingerprint density at radius 3 is 2.46 bits per heavy atom. The van der Waals surface area contributed by atoms with Gasteiger partial charge in [-0.2, -0.15) is 5.10 Å². The first-order valence-corrected chi connectivity index (χ1v) is 13.4. The number of nitrogens with zero attached hydrogens (tertiary/aromatic N) is 4. The monoisotopic (exact) mass is 562 g/mol. The summed E-state index contributed by atoms with van der Waals surface area (Å²) < 4.78 is 40.6. The van der Waals surface area contributed by atoms with E-state index in [0.29, 0.717) is 49.3 Å². The predicted molar refractivity (Wildman–Crippen MR) is 146 cm³/mol. The third-order valence-electron chi connectivity index (χ3n) is 7.58. The maximum Gasteiger partial charge on any atom is 0.247 e. The summed E-state index contributed by atoms with van der Waals surface area (Å²) in [5.41, 5.74) is 5.86. The van der Waals surface area contributed by atoms with Crippen LogP contribution in [0.15, 0.2) is 54.7 Å². The number of nitrogens with two attached hydrogens (primary N) is 1. The number of primary amides is 1. The Morgan fingerprint density at radius 2 is 1.78 bits per heavy atom. The number of pyridine rings is 1. The highest BCUT2D eigenvalue weighted by Gasteiger charge is 2.57. The molecule has 6 rings (SSSR count). The van der Waals surface area contributed by atoms with Crippen LogP contribution in [0.4, 0.5) is 20.2 Å². The number of morpholine rings is 1. The fourth-order valence-corrected chi connectivity index (χ4v) is 5.05. The Bertz CT molecular complexity index is 1600. The normalized spacial score (nSPS) is 16.4. The Morgan fingerprint density at radius 1 is 1.05 bits per heavy atom. The lowest BCUT2D eigenvalue weighted by molar-refractivity contribution is -0.133. The zero-order chi connectivity index (χ0) is 28.6. The van der Waals surface area contributed by atoms with E-state index in [1.165, 1.54) is 41.3 Å². The van der Waals surface area contributed by atoms with E-state index in [9.17, 15) is 14.0 Å². The molecule has 2 amide bonds. The highest BCUT2D eigenvalue weighted by atomic mass is 19.1. The number of halogens is 2. The number of amides is 2. The van der Waals surface area contributed by atoms with Gasteiger partial charge in [-0.3, -0.25) is 24.5 Å². The number of anilines is 2. The van der Waals surface area contributed by atoms with Crippen molar-refractivity contribution < 1.29 is 27.8 Å². The van der Waals surface area contributed by atoms with Gasteiger partial charge in [-0.25, -0.2) is 13.8 Å². The lowest BCUT2D eigenvalue weighted by Crippen LogP contribution is -2.41. The van der Waals surface area contributed by atoms with Crippen molar-refractivity contribution in [3.05, 3.63) is 72.1 Å². The molecular formula is C29H28F2N6O4. The van der Waals surface area contributed by atoms with Crippen LogP contribution in [0, 0.1) is 17.0 Å². The van der Waals surface area contributed by atoms with Crippen molar-refractivity contribution in [2.45, 2.75) is 19.3 Å². The number of ether oxygens (including phenoxy) is 2. The van der Waals surface area contributed by atoms with Crippen molar-refractivity contribution in [3.8, 4) is 11.5 Å². The van der Waals surface area contributed by atoms with Crippen molar-refractivity contribution in [2.75, 3.05) is 37.7 Å². The summed E-state index contributed by atoms with van der Waals surface area (Å²) in [6.07, 6.45) is 2.76. The smallest absolute Gasteiger partial charge is 0.247 e. The van der Waals surface area contributed by atoms with Gasteiger partial charge in [0, 0.05) is 44.0 Å². The minimum Gasteiger partial charge on any atom is -0.453 e. The number of aromatic amines is 1. The SMILES string of the molecule is NC(=O)C1(C(=O)N(c2ccc(F)cc2)c2ccc(Oc3ccnc4[nH]nc(CCN5CCOCC5)c34)c(F)c2)CC1. The van der Waals surface area contributed by atoms with Crippen LogP contribution in [-0.4, -0.2) is 64.7 Å². The molecule has 3 heterocycles. The number of H-pyrrole nitrogens is 1. The molecule has 1 aliphatic heterocycles. The van der Waals surface area contributed by atoms with Gasteiger partial charge in [-0.15, -0.1) is 0 Å². The highest BCUT2D eigenvalue weighted by Crippen LogP contribution is 2.49. The molecule has 10 nitrogen and oxygen atoms in total. The lowest BCUT2D eigenvalue weighted by atomic mass is 10.0. The number of carbonyl (C=O) groups excluding carboxylic acids is 2. The summed E-state index contributed by atoms with van der Waals surface area (Å²) in [7, 11) is 0. The van der Waals surface area contributed by atoms with Crippen molar-refractivity contribution in [1.82, 2.24) is 20.1 Å². The molecule has 0 unspecified atom stereocenters. The molecule has 12 heteroatoms. The van der Waals surface area contributed by atoms with Gasteiger partial charge >= 0.3 is 0 Å². The van der Waals surface area contributed by atoms with Crippen molar-refractivity contribution in [1.29, 1.82) is 0 Å². The molecule has 1 saturated carbocycles. The van der Waals surface area contributed by atoms with Crippen LogP contribution in [0.3, 0.4) is 0 Å². The topological polar surface area (TPSA) is 127 Å². The summed E-state index contributed by atoms with van der Waals surface area (Å²) in [6, 6.07) is 10.8. The van der Waals surface area contributed by atoms with E-state index in [1.54, 1.807) is 12.3 Å². The number of rotatable bonds is 9. The number of aromatic nitrogens is 3. The fraction of sp³-hybridized carbons (Fsp3) is 0.310. The second kappa shape index (κ2) is 10.9. The number of hydrogen-bond donors (Lipinski definition) is 2. The van der Waals surface area contributed by atoms with E-state index < -0.39 is 28.9 Å². The molecule has 0 radical (unpaired) electrons. The molecule has 2 aliphatic rings. The highest BCUT2D eigenvalue weighted by molar-refractivity contribution is 6.16. The van der Waals surface area contributed by atoms with Gasteiger partial charge in [-0.1, -0.05) is 0 Å². The number of carbonyl (C=O) groups is 2. The van der Waals surface area contributed by atoms with Crippen LogP contribution < -0.4 is 15.4 Å². The van der Waals surface area contributed by atoms with Crippen molar-refractivity contribution >= 4 is 34.2 Å². The number of benzene rings is 2. The summed E-state index contributed by atoms with van der Waals surface area (Å²) in [5, 5.41) is 7.99.